The van der Waals surface area contributed by atoms with Crippen molar-refractivity contribution in [1.29, 1.82) is 0 Å². The summed E-state index contributed by atoms with van der Waals surface area (Å²) in [6.45, 7) is 14.4. The molecule has 0 amide bonds. The first-order valence-corrected chi connectivity index (χ1v) is 21.0. The highest BCUT2D eigenvalue weighted by atomic mass is 16.3. The first kappa shape index (κ1) is 38.2. The van der Waals surface area contributed by atoms with Gasteiger partial charge in [0.1, 0.15) is 11.6 Å². The van der Waals surface area contributed by atoms with Gasteiger partial charge >= 0.3 is 0 Å². The number of rotatable bonds is 8. The molecule has 1 N–H and O–H groups in total. The van der Waals surface area contributed by atoms with Gasteiger partial charge in [0.2, 0.25) is 0 Å². The Labute approximate surface area is 361 Å². The monoisotopic (exact) mass is 794 g/mol. The average Bonchev–Trinajstić information content (AvgIpc) is 3.66. The fourth-order valence-corrected chi connectivity index (χ4v) is 8.41. The number of aromatic nitrogens is 3. The quantitative estimate of drug-likeness (QED) is 0.167. The summed E-state index contributed by atoms with van der Waals surface area (Å²) >= 11 is 0. The average molecular weight is 795 g/mol. The highest BCUT2D eigenvalue weighted by Crippen LogP contribution is 2.45. The Morgan fingerprint density at radius 3 is 1.93 bits per heavy atom. The van der Waals surface area contributed by atoms with Gasteiger partial charge in [0.15, 0.2) is 0 Å². The van der Waals surface area contributed by atoms with Gasteiger partial charge in [-0.25, -0.2) is 4.98 Å². The van der Waals surface area contributed by atoms with E-state index in [2.05, 4.69) is 173 Å². The smallest absolute Gasteiger partial charge is 0.149 e. The zero-order valence-corrected chi connectivity index (χ0v) is 36.0. The summed E-state index contributed by atoms with van der Waals surface area (Å²) < 4.78 is 11.2. The largest absolute Gasteiger partial charge is 0.507 e. The molecular formula is C57H51N3O. The van der Waals surface area contributed by atoms with Crippen molar-refractivity contribution in [1.82, 2.24) is 14.5 Å². The van der Waals surface area contributed by atoms with Gasteiger partial charge in [-0.3, -0.25) is 9.55 Å². The first-order valence-electron chi connectivity index (χ1n) is 21.5. The Kier molecular flexibility index (Phi) is 9.92. The minimum absolute atomic E-state index is 0.222. The second-order valence-electron chi connectivity index (χ2n) is 17.5. The highest BCUT2D eigenvalue weighted by Gasteiger charge is 2.27. The molecule has 0 bridgehead atoms. The number of fused-ring (bicyclic) bond motifs is 1. The summed E-state index contributed by atoms with van der Waals surface area (Å²) in [7, 11) is 0. The highest BCUT2D eigenvalue weighted by molar-refractivity contribution is 5.98. The number of imidazole rings is 1. The molecular weight excluding hydrogens is 743 g/mol. The summed E-state index contributed by atoms with van der Waals surface area (Å²) in [5.41, 5.74) is 17.3. The van der Waals surface area contributed by atoms with Gasteiger partial charge < -0.3 is 5.11 Å². The lowest BCUT2D eigenvalue weighted by atomic mass is 9.84. The van der Waals surface area contributed by atoms with Crippen LogP contribution in [-0.2, 0) is 5.41 Å². The van der Waals surface area contributed by atoms with Crippen molar-refractivity contribution in [2.75, 3.05) is 0 Å². The molecule has 0 aliphatic rings. The predicted octanol–water partition coefficient (Wildman–Crippen LogP) is 15.2. The van der Waals surface area contributed by atoms with Crippen molar-refractivity contribution >= 4 is 11.0 Å². The molecule has 9 aromatic rings. The van der Waals surface area contributed by atoms with Crippen LogP contribution in [0.2, 0.25) is 0 Å². The molecule has 0 radical (unpaired) electrons. The van der Waals surface area contributed by atoms with Gasteiger partial charge in [-0.05, 0) is 124 Å². The molecule has 4 heteroatoms. The molecule has 0 spiro atoms. The molecule has 7 aromatic carbocycles. The van der Waals surface area contributed by atoms with Crippen LogP contribution in [0.4, 0.5) is 0 Å². The van der Waals surface area contributed by atoms with Crippen LogP contribution in [-0.4, -0.2) is 19.6 Å². The molecule has 9 rings (SSSR count). The van der Waals surface area contributed by atoms with E-state index in [1.54, 1.807) is 0 Å². The van der Waals surface area contributed by atoms with E-state index < -0.39 is 5.89 Å². The normalized spacial score (nSPS) is 12.1. The molecule has 0 saturated carbocycles. The summed E-state index contributed by atoms with van der Waals surface area (Å²) in [4.78, 5) is 10.5. The maximum absolute atomic E-state index is 12.3. The zero-order chi connectivity index (χ0) is 43.3. The van der Waals surface area contributed by atoms with Crippen molar-refractivity contribution in [3.8, 4) is 78.6 Å². The van der Waals surface area contributed by atoms with Gasteiger partial charge in [-0.2, -0.15) is 0 Å². The number of pyridine rings is 1. The lowest BCUT2D eigenvalue weighted by molar-refractivity contribution is 0.448. The molecule has 2 aromatic heterocycles. The SMILES string of the molecule is [2H]C(C)(C)c1ccc(-n2c(-c3cc(C)cc(C(C)(C)C)c3O)nc3c(-c4cc(-c5ccccc5)cc(-c5cc(-c6ccc(C)cc6)ccn5)c4)cccc32)c(-c2ccccc2)c1. The molecule has 0 aliphatic carbocycles. The Balaban J connectivity index is 1.34. The van der Waals surface area contributed by atoms with E-state index in [9.17, 15) is 5.11 Å². The second-order valence-corrected chi connectivity index (χ2v) is 17.5. The summed E-state index contributed by atoms with van der Waals surface area (Å²) in [6, 6.07) is 57.2. The van der Waals surface area contributed by atoms with E-state index in [4.69, 9.17) is 11.3 Å². The van der Waals surface area contributed by atoms with Crippen molar-refractivity contribution in [2.24, 2.45) is 0 Å². The van der Waals surface area contributed by atoms with Crippen LogP contribution < -0.4 is 0 Å². The number of hydrogen-bond acceptors (Lipinski definition) is 3. The van der Waals surface area contributed by atoms with Crippen LogP contribution in [0.3, 0.4) is 0 Å². The lowest BCUT2D eigenvalue weighted by Crippen LogP contribution is -2.12. The molecule has 0 atom stereocenters. The minimum atomic E-state index is -0.818. The zero-order valence-electron chi connectivity index (χ0n) is 37.0. The van der Waals surface area contributed by atoms with E-state index in [1.165, 1.54) is 5.56 Å². The lowest BCUT2D eigenvalue weighted by Gasteiger charge is -2.23. The summed E-state index contributed by atoms with van der Waals surface area (Å²) in [5, 5.41) is 12.3. The first-order chi connectivity index (χ1) is 29.7. The molecule has 0 saturated heterocycles. The molecule has 0 aliphatic heterocycles. The van der Waals surface area contributed by atoms with Gasteiger partial charge in [0.25, 0.3) is 0 Å². The third-order valence-corrected chi connectivity index (χ3v) is 11.7. The van der Waals surface area contributed by atoms with Crippen LogP contribution >= 0.6 is 0 Å². The van der Waals surface area contributed by atoms with Crippen molar-refractivity contribution in [3.63, 3.8) is 0 Å². The van der Waals surface area contributed by atoms with Gasteiger partial charge in [-0.1, -0.05) is 149 Å². The number of benzene rings is 7. The van der Waals surface area contributed by atoms with E-state index in [0.29, 0.717) is 11.4 Å². The molecule has 0 unspecified atom stereocenters. The Morgan fingerprint density at radius 1 is 0.557 bits per heavy atom. The number of phenolic OH excluding ortho intramolecular Hbond substituents is 1. The van der Waals surface area contributed by atoms with Gasteiger partial charge in [-0.15, -0.1) is 0 Å². The van der Waals surface area contributed by atoms with Gasteiger partial charge in [0, 0.05) is 29.8 Å². The molecule has 0 fully saturated rings. The maximum Gasteiger partial charge on any atom is 0.149 e. The number of hydrogen-bond donors (Lipinski definition) is 1. The van der Waals surface area contributed by atoms with E-state index in [-0.39, 0.29) is 11.2 Å². The van der Waals surface area contributed by atoms with Crippen molar-refractivity contribution in [2.45, 2.75) is 59.8 Å². The number of phenols is 1. The van der Waals surface area contributed by atoms with Crippen LogP contribution in [0, 0.1) is 13.8 Å². The Hall–Kier alpha value is -7.04. The third-order valence-electron chi connectivity index (χ3n) is 11.7. The van der Waals surface area contributed by atoms with Crippen LogP contribution in [0.5, 0.6) is 5.75 Å². The van der Waals surface area contributed by atoms with Crippen LogP contribution in [0.15, 0.2) is 170 Å². The standard InChI is InChI=1S/C57H51N3O/c1-36(2)42-25-26-52(48(34-42)41-17-12-9-13-18-41)60-53-20-14-19-47(54(53)59-56(60)49-29-38(4)30-50(55(49)61)57(5,6)7)45-31-44(39-15-10-8-11-16-39)32-46(33-45)51-35-43(27-28-58-51)40-23-21-37(3)22-24-40/h8-36,61H,1-7H3/i36D. The topological polar surface area (TPSA) is 50.9 Å². The number of aromatic hydroxyl groups is 1. The molecule has 300 valence electrons. The van der Waals surface area contributed by atoms with Crippen molar-refractivity contribution in [3.05, 3.63) is 192 Å². The number of para-hydroxylation sites is 1. The van der Waals surface area contributed by atoms with Gasteiger partial charge in [0.05, 0.1) is 28.0 Å². The summed E-state index contributed by atoms with van der Waals surface area (Å²) in [6.07, 6.45) is 1.89. The fourth-order valence-electron chi connectivity index (χ4n) is 8.41. The molecule has 2 heterocycles. The number of aryl methyl sites for hydroxylation is 2. The van der Waals surface area contributed by atoms with E-state index in [1.807, 2.05) is 50.4 Å². The summed E-state index contributed by atoms with van der Waals surface area (Å²) in [5.74, 6) is 0.0435. The van der Waals surface area contributed by atoms with E-state index in [0.717, 1.165) is 89.2 Å². The second kappa shape index (κ2) is 15.9. The van der Waals surface area contributed by atoms with Crippen molar-refractivity contribution < 1.29 is 6.48 Å². The van der Waals surface area contributed by atoms with Crippen LogP contribution in [0.25, 0.3) is 83.9 Å². The Bertz CT molecular complexity index is 3100. The maximum atomic E-state index is 12.3. The van der Waals surface area contributed by atoms with E-state index >= 15 is 0 Å². The predicted molar refractivity (Wildman–Crippen MR) is 255 cm³/mol. The molecule has 61 heavy (non-hydrogen) atoms. The minimum Gasteiger partial charge on any atom is -0.507 e. The molecule has 4 nitrogen and oxygen atoms in total. The van der Waals surface area contributed by atoms with Crippen LogP contribution in [0.1, 0.15) is 64.1 Å². The fraction of sp³-hybridized carbons (Fsp3) is 0.158. The number of nitrogens with zero attached hydrogens (tertiary/aromatic N) is 3. The Morgan fingerprint density at radius 2 is 1.23 bits per heavy atom. The third kappa shape index (κ3) is 7.66.